The second kappa shape index (κ2) is 24.5. The minimum atomic E-state index is -0.760. The zero-order chi connectivity index (χ0) is 46.4. The van der Waals surface area contributed by atoms with Crippen LogP contribution in [-0.2, 0) is 4.74 Å². The largest absolute Gasteiger partial charge is 0.508 e. The number of ether oxygens (including phenoxy) is 1. The van der Waals surface area contributed by atoms with Gasteiger partial charge in [-0.3, -0.25) is 51.7 Å². The van der Waals surface area contributed by atoms with Crippen LogP contribution < -0.4 is 28.4 Å². The molecule has 0 heterocycles. The number of nitrogens with zero attached hydrogens (tertiary/aromatic N) is 3. The molecular weight excluding hydrogens is 816 g/mol. The molecule has 0 aliphatic carbocycles. The summed E-state index contributed by atoms with van der Waals surface area (Å²) in [5.74, 6) is 8.89. The van der Waals surface area contributed by atoms with Crippen molar-refractivity contribution in [3.05, 3.63) is 139 Å². The summed E-state index contributed by atoms with van der Waals surface area (Å²) in [5, 5.41) is 97.6. The number of nitrogens with one attached hydrogen (secondary N) is 2. The number of rotatable bonds is 8. The highest BCUT2D eigenvalue weighted by atomic mass is 16.6. The molecule has 0 bridgehead atoms. The van der Waals surface area contributed by atoms with Crippen molar-refractivity contribution in [1.29, 1.82) is 0 Å². The number of benzene rings is 5. The Labute approximate surface area is 341 Å². The number of aldehydes is 1. The molecule has 5 rings (SSSR count). The molecule has 16 N–H and O–H groups in total. The van der Waals surface area contributed by atoms with Crippen LogP contribution in [0.15, 0.2) is 96.1 Å². The summed E-state index contributed by atoms with van der Waals surface area (Å²) in [4.78, 5) is 63.3. The topological polar surface area (TPSA) is 440 Å². The number of hydrogen-bond donors (Lipinski definition) is 13. The molecule has 0 aliphatic heterocycles. The number of nitrogens with two attached hydrogens (primary N) is 3. The summed E-state index contributed by atoms with van der Waals surface area (Å²) in [6.45, 7) is 0. The Balaban J connectivity index is 0.000000422. The Morgan fingerprint density at radius 2 is 1.00 bits per heavy atom. The van der Waals surface area contributed by atoms with Crippen LogP contribution in [0.5, 0.6) is 46.0 Å². The molecule has 0 aliphatic rings. The fraction of sp³-hybridized carbons (Fsp3) is 0.0278. The quantitative estimate of drug-likeness (QED) is 0.0202. The van der Waals surface area contributed by atoms with E-state index in [9.17, 15) is 49.6 Å². The summed E-state index contributed by atoms with van der Waals surface area (Å²) >= 11 is 0. The molecule has 0 radical (unpaired) electrons. The number of nitro benzene ring substituents is 2. The minimum absolute atomic E-state index is 0.0234. The molecule has 25 nitrogen and oxygen atoms in total. The Kier molecular flexibility index (Phi) is 20.1. The fourth-order valence-corrected chi connectivity index (χ4v) is 4.03. The highest BCUT2D eigenvalue weighted by Crippen LogP contribution is 2.25. The molecular formula is C36H36N8O17. The van der Waals surface area contributed by atoms with E-state index in [1.54, 1.807) is 0 Å². The molecule has 5 aromatic carbocycles. The van der Waals surface area contributed by atoms with Crippen molar-refractivity contribution in [1.82, 2.24) is 10.9 Å². The van der Waals surface area contributed by atoms with Gasteiger partial charge in [0.1, 0.15) is 51.6 Å². The number of amides is 2. The number of hydrazine groups is 2. The van der Waals surface area contributed by atoms with E-state index < -0.39 is 33.4 Å². The second-order valence-electron chi connectivity index (χ2n) is 10.9. The third-order valence-corrected chi connectivity index (χ3v) is 6.91. The maximum atomic E-state index is 11.8. The lowest BCUT2D eigenvalue weighted by molar-refractivity contribution is -0.385. The highest BCUT2D eigenvalue weighted by molar-refractivity contribution is 5.98. The molecule has 25 heteroatoms. The van der Waals surface area contributed by atoms with Crippen LogP contribution >= 0.6 is 0 Å². The third kappa shape index (κ3) is 15.8. The predicted molar refractivity (Wildman–Crippen MR) is 211 cm³/mol. The van der Waals surface area contributed by atoms with Crippen LogP contribution in [0.2, 0.25) is 0 Å². The van der Waals surface area contributed by atoms with Gasteiger partial charge in [-0.15, -0.1) is 0 Å². The average Bonchev–Trinajstić information content (AvgIpc) is 3.22. The van der Waals surface area contributed by atoms with Crippen LogP contribution in [0.1, 0.15) is 47.0 Å². The monoisotopic (exact) mass is 852 g/mol. The van der Waals surface area contributed by atoms with Gasteiger partial charge >= 0.3 is 5.97 Å². The predicted octanol–water partition coefficient (Wildman–Crippen LogP) is 1.99. The molecule has 0 fully saturated rings. The van der Waals surface area contributed by atoms with Crippen LogP contribution in [0.3, 0.4) is 0 Å². The molecule has 0 spiro atoms. The van der Waals surface area contributed by atoms with Gasteiger partial charge in [-0.1, -0.05) is 0 Å². The smallest absolute Gasteiger partial charge is 0.341 e. The molecule has 61 heavy (non-hydrogen) atoms. The van der Waals surface area contributed by atoms with Crippen LogP contribution in [0.25, 0.3) is 0 Å². The number of carbonyl (C=O) groups excluding carboxylic acids is 4. The first-order chi connectivity index (χ1) is 28.8. The first kappa shape index (κ1) is 49.9. The number of methoxy groups -OCH3 is 1. The molecule has 2 amide bonds. The lowest BCUT2D eigenvalue weighted by atomic mass is 10.2. The van der Waals surface area contributed by atoms with Crippen molar-refractivity contribution in [3.63, 3.8) is 0 Å². The number of hydrogen-bond acceptors (Lipinski definition) is 21. The summed E-state index contributed by atoms with van der Waals surface area (Å²) in [5.41, 5.74) is 3.39. The van der Waals surface area contributed by atoms with E-state index in [4.69, 9.17) is 36.5 Å². The van der Waals surface area contributed by atoms with E-state index in [0.29, 0.717) is 6.29 Å². The fourth-order valence-electron chi connectivity index (χ4n) is 4.03. The van der Waals surface area contributed by atoms with Crippen molar-refractivity contribution < 1.29 is 74.6 Å². The number of phenols is 8. The number of nitro groups is 2. The van der Waals surface area contributed by atoms with E-state index in [-0.39, 0.29) is 79.4 Å². The van der Waals surface area contributed by atoms with E-state index in [0.717, 1.165) is 60.8 Å². The number of phenolic OH excluding ortho intramolecular Hbond substituents is 8. The van der Waals surface area contributed by atoms with E-state index in [2.05, 4.69) is 26.9 Å². The average molecular weight is 853 g/mol. The van der Waals surface area contributed by atoms with Gasteiger partial charge in [0.2, 0.25) is 0 Å². The molecule has 0 atom stereocenters. The van der Waals surface area contributed by atoms with Gasteiger partial charge in [-0.05, 0) is 48.5 Å². The third-order valence-electron chi connectivity index (χ3n) is 6.91. The summed E-state index contributed by atoms with van der Waals surface area (Å²) in [6.07, 6.45) is 1.39. The van der Waals surface area contributed by atoms with Gasteiger partial charge in [0.05, 0.1) is 39.9 Å². The number of nitrogen functional groups attached to an aromatic ring is 1. The summed E-state index contributed by atoms with van der Waals surface area (Å²) in [6, 6.07) is 17.3. The number of hydrazone groups is 1. The van der Waals surface area contributed by atoms with Crippen molar-refractivity contribution in [2.75, 3.05) is 7.11 Å². The van der Waals surface area contributed by atoms with E-state index in [1.807, 2.05) is 5.43 Å². The lowest BCUT2D eigenvalue weighted by Crippen LogP contribution is -2.29. The SMILES string of the molecule is COC(=O)c1ccc(O)cc1O.NN.NNC(=O)c1ccc(O)cc1O.O=C(N/N=C/c1cc([N+](=O)[O-])ccc1O)c1ccc(O)cc1O.O=Cc1cc([N+](=O)[O-])ccc1O. The van der Waals surface area contributed by atoms with Gasteiger partial charge in [0.15, 0.2) is 6.29 Å². The molecule has 0 aromatic heterocycles. The van der Waals surface area contributed by atoms with Crippen molar-refractivity contribution in [2.24, 2.45) is 22.6 Å². The minimum Gasteiger partial charge on any atom is -0.508 e. The first-order valence-corrected chi connectivity index (χ1v) is 16.0. The number of non-ortho nitro benzene ring substituents is 2. The van der Waals surface area contributed by atoms with Crippen LogP contribution in [-0.4, -0.2) is 88.1 Å². The summed E-state index contributed by atoms with van der Waals surface area (Å²) < 4.78 is 4.38. The molecule has 0 unspecified atom stereocenters. The van der Waals surface area contributed by atoms with Gasteiger partial charge in [-0.25, -0.2) is 16.1 Å². The lowest BCUT2D eigenvalue weighted by Gasteiger charge is -2.03. The zero-order valence-electron chi connectivity index (χ0n) is 31.1. The Morgan fingerprint density at radius 1 is 0.607 bits per heavy atom. The maximum absolute atomic E-state index is 11.8. The van der Waals surface area contributed by atoms with E-state index in [1.165, 1.54) is 43.5 Å². The Hall–Kier alpha value is -9.07. The normalized spacial score (nSPS) is 9.64. The standard InChI is InChI=1S/C14H11N3O6.C8H8O4.C7H8N2O3.C7H5NO4.H4N2/c18-10-2-3-11(13(20)6-10)14(21)16-15-7-8-5-9(17(22)23)1-4-12(8)19;1-12-8(11)6-3-2-5(9)4-7(6)10;8-9-7(12)5-2-1-4(10)3-6(5)11;9-4-5-3-6(8(11)12)1-2-7(5)10;1-2/h1-7,18-20H,(H,16,21);2-4,9-10H,1H3;1-3,10-11H,8H2,(H,9,12);1-4,10H;1-2H2/b15-7+;;;;. The maximum Gasteiger partial charge on any atom is 0.341 e. The molecule has 322 valence electrons. The highest BCUT2D eigenvalue weighted by Gasteiger charge is 2.14. The zero-order valence-corrected chi connectivity index (χ0v) is 31.1. The van der Waals surface area contributed by atoms with Crippen LogP contribution in [0, 0.1) is 20.2 Å². The van der Waals surface area contributed by atoms with E-state index >= 15 is 0 Å². The Bertz CT molecular complexity index is 2330. The number of esters is 1. The molecule has 0 saturated heterocycles. The second-order valence-corrected chi connectivity index (χ2v) is 10.9. The Morgan fingerprint density at radius 3 is 1.38 bits per heavy atom. The van der Waals surface area contributed by atoms with Gasteiger partial charge in [-0.2, -0.15) is 5.10 Å². The first-order valence-electron chi connectivity index (χ1n) is 16.0. The van der Waals surface area contributed by atoms with Gasteiger partial charge < -0.3 is 45.6 Å². The molecule has 0 saturated carbocycles. The van der Waals surface area contributed by atoms with Gasteiger partial charge in [0.25, 0.3) is 23.2 Å². The van der Waals surface area contributed by atoms with Gasteiger partial charge in [0, 0.05) is 48.0 Å². The van der Waals surface area contributed by atoms with Crippen LogP contribution in [0.4, 0.5) is 11.4 Å². The summed E-state index contributed by atoms with van der Waals surface area (Å²) in [7, 11) is 1.22. The number of aromatic hydroxyl groups is 8. The van der Waals surface area contributed by atoms with Crippen molar-refractivity contribution >= 4 is 41.7 Å². The molecule has 5 aromatic rings. The van der Waals surface area contributed by atoms with Crippen molar-refractivity contribution in [2.45, 2.75) is 0 Å². The number of carbonyl (C=O) groups is 4. The van der Waals surface area contributed by atoms with Crippen molar-refractivity contribution in [3.8, 4) is 46.0 Å².